The minimum atomic E-state index is 1.05. The van der Waals surface area contributed by atoms with Crippen molar-refractivity contribution >= 4 is 5.57 Å². The summed E-state index contributed by atoms with van der Waals surface area (Å²) in [5.41, 5.74) is 11.4. The van der Waals surface area contributed by atoms with E-state index in [2.05, 4.69) is 37.9 Å². The number of hydrogen-bond acceptors (Lipinski definition) is 2. The van der Waals surface area contributed by atoms with Crippen molar-refractivity contribution in [3.05, 3.63) is 46.9 Å². The molecule has 0 aliphatic heterocycles. The van der Waals surface area contributed by atoms with E-state index < -0.39 is 0 Å². The van der Waals surface area contributed by atoms with Gasteiger partial charge in [-0.1, -0.05) is 19.4 Å². The van der Waals surface area contributed by atoms with Gasteiger partial charge in [-0.3, -0.25) is 4.98 Å². The SMILES string of the molecule is CCCc1cc(C)c(/C(C)=C/C(C)=C/N)cn1. The van der Waals surface area contributed by atoms with Gasteiger partial charge < -0.3 is 5.73 Å². The van der Waals surface area contributed by atoms with Crippen LogP contribution in [0.3, 0.4) is 0 Å². The molecule has 2 nitrogen and oxygen atoms in total. The number of aromatic nitrogens is 1. The molecule has 2 heteroatoms. The van der Waals surface area contributed by atoms with Crippen LogP contribution in [0, 0.1) is 6.92 Å². The van der Waals surface area contributed by atoms with Gasteiger partial charge in [0.2, 0.25) is 0 Å². The number of aryl methyl sites for hydroxylation is 2. The fourth-order valence-corrected chi connectivity index (χ4v) is 1.89. The van der Waals surface area contributed by atoms with Crippen molar-refractivity contribution in [3.8, 4) is 0 Å². The Kier molecular flexibility index (Phi) is 4.95. The average molecular weight is 230 g/mol. The summed E-state index contributed by atoms with van der Waals surface area (Å²) in [6.45, 7) is 8.40. The first-order valence-corrected chi connectivity index (χ1v) is 6.11. The fraction of sp³-hybridized carbons (Fsp3) is 0.400. The number of nitrogens with two attached hydrogens (primary N) is 1. The second-order valence-electron chi connectivity index (χ2n) is 4.48. The Labute approximate surface area is 104 Å². The van der Waals surface area contributed by atoms with Crippen molar-refractivity contribution in [2.45, 2.75) is 40.5 Å². The fourth-order valence-electron chi connectivity index (χ4n) is 1.89. The number of allylic oxidation sites excluding steroid dienone is 3. The van der Waals surface area contributed by atoms with Crippen LogP contribution in [0.2, 0.25) is 0 Å². The summed E-state index contributed by atoms with van der Waals surface area (Å²) in [5.74, 6) is 0. The molecule has 1 rings (SSSR count). The molecule has 0 bridgehead atoms. The third-order valence-corrected chi connectivity index (χ3v) is 2.81. The van der Waals surface area contributed by atoms with Crippen molar-refractivity contribution in [2.75, 3.05) is 0 Å². The molecule has 0 radical (unpaired) electrons. The molecule has 0 amide bonds. The molecule has 0 atom stereocenters. The third kappa shape index (κ3) is 3.74. The maximum atomic E-state index is 5.48. The van der Waals surface area contributed by atoms with Crippen molar-refractivity contribution < 1.29 is 0 Å². The van der Waals surface area contributed by atoms with E-state index in [0.717, 1.165) is 18.4 Å². The van der Waals surface area contributed by atoms with Gasteiger partial charge in [0, 0.05) is 11.9 Å². The van der Waals surface area contributed by atoms with Crippen LogP contribution in [0.15, 0.2) is 30.1 Å². The van der Waals surface area contributed by atoms with Crippen molar-refractivity contribution in [3.63, 3.8) is 0 Å². The maximum absolute atomic E-state index is 5.48. The zero-order chi connectivity index (χ0) is 12.8. The molecule has 2 N–H and O–H groups in total. The molecule has 1 aromatic heterocycles. The van der Waals surface area contributed by atoms with Gasteiger partial charge in [0.25, 0.3) is 0 Å². The van der Waals surface area contributed by atoms with E-state index in [0.29, 0.717) is 0 Å². The summed E-state index contributed by atoms with van der Waals surface area (Å²) in [5, 5.41) is 0. The van der Waals surface area contributed by atoms with Crippen molar-refractivity contribution in [1.29, 1.82) is 0 Å². The summed E-state index contributed by atoms with van der Waals surface area (Å²) in [6, 6.07) is 2.18. The smallest absolute Gasteiger partial charge is 0.0406 e. The molecule has 0 aliphatic rings. The maximum Gasteiger partial charge on any atom is 0.0406 e. The van der Waals surface area contributed by atoms with E-state index in [1.165, 1.54) is 22.4 Å². The molecule has 1 heterocycles. The van der Waals surface area contributed by atoms with E-state index in [4.69, 9.17) is 5.73 Å². The second-order valence-corrected chi connectivity index (χ2v) is 4.48. The highest BCUT2D eigenvalue weighted by molar-refractivity contribution is 5.68. The summed E-state index contributed by atoms with van der Waals surface area (Å²) in [4.78, 5) is 4.49. The van der Waals surface area contributed by atoms with Gasteiger partial charge in [0.1, 0.15) is 0 Å². The summed E-state index contributed by atoms with van der Waals surface area (Å²) >= 11 is 0. The highest BCUT2D eigenvalue weighted by Gasteiger charge is 2.03. The Morgan fingerprint density at radius 3 is 2.65 bits per heavy atom. The van der Waals surface area contributed by atoms with E-state index in [-0.39, 0.29) is 0 Å². The zero-order valence-corrected chi connectivity index (χ0v) is 11.2. The topological polar surface area (TPSA) is 38.9 Å². The number of hydrogen-bond donors (Lipinski definition) is 1. The lowest BCUT2D eigenvalue weighted by atomic mass is 10.0. The van der Waals surface area contributed by atoms with E-state index >= 15 is 0 Å². The van der Waals surface area contributed by atoms with Gasteiger partial charge in [0.05, 0.1) is 0 Å². The summed E-state index contributed by atoms with van der Waals surface area (Å²) in [7, 11) is 0. The van der Waals surface area contributed by atoms with Crippen LogP contribution in [0.4, 0.5) is 0 Å². The summed E-state index contributed by atoms with van der Waals surface area (Å²) < 4.78 is 0. The largest absolute Gasteiger partial charge is 0.404 e. The Morgan fingerprint density at radius 2 is 2.12 bits per heavy atom. The zero-order valence-electron chi connectivity index (χ0n) is 11.2. The van der Waals surface area contributed by atoms with Crippen LogP contribution in [0.1, 0.15) is 44.0 Å². The monoisotopic (exact) mass is 230 g/mol. The van der Waals surface area contributed by atoms with Crippen LogP contribution in [-0.4, -0.2) is 4.98 Å². The normalized spacial score (nSPS) is 12.9. The molecule has 92 valence electrons. The van der Waals surface area contributed by atoms with Gasteiger partial charge in [-0.15, -0.1) is 0 Å². The minimum absolute atomic E-state index is 1.05. The van der Waals surface area contributed by atoms with Crippen LogP contribution < -0.4 is 5.73 Å². The Balaban J connectivity index is 3.03. The van der Waals surface area contributed by atoms with Gasteiger partial charge in [0.15, 0.2) is 0 Å². The molecule has 0 fully saturated rings. The lowest BCUT2D eigenvalue weighted by molar-refractivity contribution is 0.879. The van der Waals surface area contributed by atoms with Crippen molar-refractivity contribution in [1.82, 2.24) is 4.98 Å². The molecule has 0 saturated carbocycles. The molecular weight excluding hydrogens is 208 g/mol. The molecule has 0 unspecified atom stereocenters. The van der Waals surface area contributed by atoms with Crippen LogP contribution in [0.5, 0.6) is 0 Å². The minimum Gasteiger partial charge on any atom is -0.404 e. The first-order valence-electron chi connectivity index (χ1n) is 6.11. The number of rotatable bonds is 4. The van der Waals surface area contributed by atoms with Gasteiger partial charge in [-0.25, -0.2) is 0 Å². The van der Waals surface area contributed by atoms with E-state index in [1.807, 2.05) is 13.1 Å². The lowest BCUT2D eigenvalue weighted by Crippen LogP contribution is -1.95. The molecule has 0 spiro atoms. The highest BCUT2D eigenvalue weighted by atomic mass is 14.7. The highest BCUT2D eigenvalue weighted by Crippen LogP contribution is 2.20. The molecule has 17 heavy (non-hydrogen) atoms. The Morgan fingerprint density at radius 1 is 1.41 bits per heavy atom. The molecule has 0 saturated heterocycles. The van der Waals surface area contributed by atoms with Crippen LogP contribution in [-0.2, 0) is 6.42 Å². The first-order chi connectivity index (χ1) is 8.08. The quantitative estimate of drug-likeness (QED) is 0.802. The first kappa shape index (κ1) is 13.5. The molecule has 0 aromatic carbocycles. The predicted molar refractivity (Wildman–Crippen MR) is 74.6 cm³/mol. The van der Waals surface area contributed by atoms with Crippen LogP contribution in [0.25, 0.3) is 5.57 Å². The van der Waals surface area contributed by atoms with Gasteiger partial charge in [-0.2, -0.15) is 0 Å². The van der Waals surface area contributed by atoms with Gasteiger partial charge >= 0.3 is 0 Å². The number of nitrogens with zero attached hydrogens (tertiary/aromatic N) is 1. The lowest BCUT2D eigenvalue weighted by Gasteiger charge is -2.08. The average Bonchev–Trinajstić information content (AvgIpc) is 2.29. The van der Waals surface area contributed by atoms with E-state index in [9.17, 15) is 0 Å². The molecule has 1 aromatic rings. The van der Waals surface area contributed by atoms with Gasteiger partial charge in [-0.05, 0) is 61.7 Å². The van der Waals surface area contributed by atoms with Crippen molar-refractivity contribution in [2.24, 2.45) is 5.73 Å². The van der Waals surface area contributed by atoms with E-state index in [1.54, 1.807) is 6.20 Å². The Bertz CT molecular complexity index is 442. The second kappa shape index (κ2) is 6.24. The predicted octanol–water partition coefficient (Wildman–Crippen LogP) is 3.61. The standard InChI is InChI=1S/C15H22N2/c1-5-6-14-8-13(4)15(10-17-14)12(3)7-11(2)9-16/h7-10H,5-6,16H2,1-4H3/b11-9+,12-7+. The van der Waals surface area contributed by atoms with Crippen LogP contribution >= 0.6 is 0 Å². The summed E-state index contributed by atoms with van der Waals surface area (Å²) in [6.07, 6.45) is 7.86. The molecular formula is C15H22N2. The molecule has 0 aliphatic carbocycles. The Hall–Kier alpha value is -1.57. The third-order valence-electron chi connectivity index (χ3n) is 2.81. The number of pyridine rings is 1.